The van der Waals surface area contributed by atoms with E-state index in [-0.39, 0.29) is 16.0 Å². The number of carbonyl (C=O) groups is 1. The average Bonchev–Trinajstić information content (AvgIpc) is 2.37. The summed E-state index contributed by atoms with van der Waals surface area (Å²) < 4.78 is 18.9. The summed E-state index contributed by atoms with van der Waals surface area (Å²) >= 11 is -0.902. The van der Waals surface area contributed by atoms with Gasteiger partial charge in [0.25, 0.3) is 0 Å². The van der Waals surface area contributed by atoms with Crippen molar-refractivity contribution in [2.45, 2.75) is 50.0 Å². The SMILES string of the molecule is CC12OC3CC(CC(C(=O)[Te]c4ccccc4)(C3)O1)O2. The fourth-order valence-corrected chi connectivity index (χ4v) is 6.05. The first-order chi connectivity index (χ1) is 9.57. The molecule has 4 nitrogen and oxygen atoms in total. The third-order valence-electron chi connectivity index (χ3n) is 4.11. The number of hydrogen-bond acceptors (Lipinski definition) is 4. The summed E-state index contributed by atoms with van der Waals surface area (Å²) in [5.74, 6) is -1.01. The van der Waals surface area contributed by atoms with E-state index in [1.165, 1.54) is 0 Å². The van der Waals surface area contributed by atoms with Gasteiger partial charge in [-0.05, 0) is 0 Å². The van der Waals surface area contributed by atoms with Gasteiger partial charge in [0.15, 0.2) is 0 Å². The van der Waals surface area contributed by atoms with Crippen LogP contribution in [-0.4, -0.2) is 48.5 Å². The van der Waals surface area contributed by atoms with Crippen LogP contribution in [0, 0.1) is 0 Å². The molecule has 2 atom stereocenters. The van der Waals surface area contributed by atoms with Gasteiger partial charge in [-0.3, -0.25) is 0 Å². The fraction of sp³-hybridized carbons (Fsp3) is 0.533. The number of rotatable bonds is 3. The predicted octanol–water partition coefficient (Wildman–Crippen LogP) is 0.953. The van der Waals surface area contributed by atoms with Gasteiger partial charge >= 0.3 is 128 Å². The molecule has 3 saturated heterocycles. The van der Waals surface area contributed by atoms with Gasteiger partial charge in [0.1, 0.15) is 0 Å². The molecule has 3 heterocycles. The summed E-state index contributed by atoms with van der Waals surface area (Å²) in [4.78, 5) is 12.8. The van der Waals surface area contributed by atoms with Crippen molar-refractivity contribution in [3.8, 4) is 0 Å². The number of hydrogen-bond donors (Lipinski definition) is 0. The Kier molecular flexibility index (Phi) is 3.00. The molecule has 1 saturated carbocycles. The molecule has 5 heteroatoms. The van der Waals surface area contributed by atoms with Crippen LogP contribution in [-0.2, 0) is 19.0 Å². The second-order valence-corrected chi connectivity index (χ2v) is 8.77. The van der Waals surface area contributed by atoms with E-state index in [1.807, 2.05) is 30.3 Å². The molecule has 0 spiro atoms. The molecule has 106 valence electrons. The van der Waals surface area contributed by atoms with Crippen LogP contribution in [0.5, 0.6) is 0 Å². The van der Waals surface area contributed by atoms with Gasteiger partial charge in [0, 0.05) is 0 Å². The Morgan fingerprint density at radius 3 is 2.45 bits per heavy atom. The number of ether oxygens (including phenoxy) is 3. The Hall–Kier alpha value is -0.440. The van der Waals surface area contributed by atoms with Crippen LogP contribution in [0.15, 0.2) is 30.3 Å². The van der Waals surface area contributed by atoms with E-state index in [2.05, 4.69) is 0 Å². The summed E-state index contributed by atoms with van der Waals surface area (Å²) in [5, 5.41) is 0. The van der Waals surface area contributed by atoms with Crippen LogP contribution in [0.1, 0.15) is 26.2 Å². The zero-order valence-corrected chi connectivity index (χ0v) is 13.5. The van der Waals surface area contributed by atoms with Gasteiger partial charge in [0.2, 0.25) is 0 Å². The molecule has 4 aliphatic rings. The fourth-order valence-electron chi connectivity index (χ4n) is 3.47. The summed E-state index contributed by atoms with van der Waals surface area (Å²) in [6.45, 7) is 1.79. The zero-order chi connectivity index (χ0) is 13.8. The second-order valence-electron chi connectivity index (χ2n) is 5.78. The summed E-state index contributed by atoms with van der Waals surface area (Å²) in [7, 11) is 0. The summed E-state index contributed by atoms with van der Waals surface area (Å²) in [6, 6.07) is 10.0. The van der Waals surface area contributed by atoms with Crippen LogP contribution in [0.2, 0.25) is 0 Å². The van der Waals surface area contributed by atoms with Crippen LogP contribution in [0.4, 0.5) is 0 Å². The first-order valence-electron chi connectivity index (χ1n) is 6.90. The molecule has 0 radical (unpaired) electrons. The van der Waals surface area contributed by atoms with Crippen LogP contribution in [0.3, 0.4) is 0 Å². The molecule has 0 amide bonds. The molecule has 1 aromatic carbocycles. The molecular weight excluding hydrogens is 372 g/mol. The molecule has 20 heavy (non-hydrogen) atoms. The van der Waals surface area contributed by atoms with Gasteiger partial charge in [-0.2, -0.15) is 0 Å². The second kappa shape index (κ2) is 4.53. The van der Waals surface area contributed by atoms with E-state index < -0.39 is 32.5 Å². The van der Waals surface area contributed by atoms with Crippen molar-refractivity contribution in [1.82, 2.24) is 0 Å². The van der Waals surface area contributed by atoms with Crippen LogP contribution < -0.4 is 3.61 Å². The molecule has 3 aliphatic heterocycles. The molecule has 0 aromatic heterocycles. The molecule has 0 N–H and O–H groups in total. The molecule has 4 fully saturated rings. The minimum atomic E-state index is -1.01. The van der Waals surface area contributed by atoms with Gasteiger partial charge < -0.3 is 0 Å². The number of benzene rings is 1. The maximum atomic E-state index is 12.8. The first kappa shape index (κ1) is 13.2. The van der Waals surface area contributed by atoms with Crippen molar-refractivity contribution >= 4 is 28.4 Å². The molecular formula is C15H16O4Te. The Bertz CT molecular complexity index is 530. The van der Waals surface area contributed by atoms with Crippen molar-refractivity contribution in [2.75, 3.05) is 0 Å². The van der Waals surface area contributed by atoms with E-state index in [1.54, 1.807) is 6.92 Å². The van der Waals surface area contributed by atoms with Crippen LogP contribution in [0.25, 0.3) is 0 Å². The zero-order valence-electron chi connectivity index (χ0n) is 11.2. The maximum absolute atomic E-state index is 12.8. The molecule has 1 aromatic rings. The Morgan fingerprint density at radius 1 is 1.20 bits per heavy atom. The average molecular weight is 388 g/mol. The standard InChI is InChI=1S/C15H16O4Te/c1-14-17-10-7-11(18-14)9-15(8-10,19-14)13(16)20-12-5-3-2-4-6-12/h2-6,10-11H,7-9H2,1H3. The van der Waals surface area contributed by atoms with Crippen LogP contribution >= 0.6 is 0 Å². The Labute approximate surface area is 127 Å². The molecule has 4 bridgehead atoms. The number of carbonyl (C=O) groups excluding carboxylic acids is 1. The van der Waals surface area contributed by atoms with E-state index in [0.717, 1.165) is 10.0 Å². The summed E-state index contributed by atoms with van der Waals surface area (Å²) in [6.07, 6.45) is 2.49. The van der Waals surface area contributed by atoms with Gasteiger partial charge in [-0.25, -0.2) is 0 Å². The van der Waals surface area contributed by atoms with Gasteiger partial charge in [-0.15, -0.1) is 0 Å². The predicted molar refractivity (Wildman–Crippen MR) is 72.7 cm³/mol. The normalized spacial score (nSPS) is 41.9. The van der Waals surface area contributed by atoms with Gasteiger partial charge in [0.05, 0.1) is 0 Å². The monoisotopic (exact) mass is 390 g/mol. The van der Waals surface area contributed by atoms with E-state index in [4.69, 9.17) is 14.2 Å². The summed E-state index contributed by atoms with van der Waals surface area (Å²) in [5.41, 5.74) is -0.656. The Morgan fingerprint density at radius 2 is 1.85 bits per heavy atom. The minimum absolute atomic E-state index is 0.105. The molecule has 1 aliphatic carbocycles. The van der Waals surface area contributed by atoms with E-state index >= 15 is 0 Å². The van der Waals surface area contributed by atoms with Crippen molar-refractivity contribution in [3.05, 3.63) is 30.3 Å². The van der Waals surface area contributed by atoms with Crippen molar-refractivity contribution in [1.29, 1.82) is 0 Å². The van der Waals surface area contributed by atoms with E-state index in [0.29, 0.717) is 12.8 Å². The quantitative estimate of drug-likeness (QED) is 0.724. The van der Waals surface area contributed by atoms with E-state index in [9.17, 15) is 4.79 Å². The third-order valence-corrected chi connectivity index (χ3v) is 7.15. The van der Waals surface area contributed by atoms with Crippen molar-refractivity contribution in [2.24, 2.45) is 0 Å². The van der Waals surface area contributed by atoms with Gasteiger partial charge in [-0.1, -0.05) is 0 Å². The molecule has 5 rings (SSSR count). The Balaban J connectivity index is 1.60. The van der Waals surface area contributed by atoms with Crippen molar-refractivity contribution in [3.63, 3.8) is 0 Å². The third kappa shape index (κ3) is 2.13. The van der Waals surface area contributed by atoms with Crippen molar-refractivity contribution < 1.29 is 19.0 Å². The first-order valence-corrected chi connectivity index (χ1v) is 9.23. The topological polar surface area (TPSA) is 44.8 Å². The molecule has 2 unspecified atom stereocenters.